The first-order chi connectivity index (χ1) is 9.68. The molecule has 7 heteroatoms. The quantitative estimate of drug-likeness (QED) is 0.529. The minimum absolute atomic E-state index is 0.0677. The Morgan fingerprint density at radius 1 is 1.38 bits per heavy atom. The molecule has 5 atom stereocenters. The standard InChI is InChI=1S/C14H18N2O5/c1-7(17)20-14(6-15)5-8-9-10(11(14)19-8)16(9)12(18)21-13(2,3)4/h8-11H,5H2,1-4H3/t8-,9-,10+,11+,14+,16?/m1/s1. The predicted octanol–water partition coefficient (Wildman–Crippen LogP) is 0.971. The van der Waals surface area contributed by atoms with E-state index in [1.165, 1.54) is 6.92 Å². The number of fused-ring (bicyclic) bond motifs is 5. The van der Waals surface area contributed by atoms with E-state index in [0.29, 0.717) is 6.42 Å². The zero-order chi connectivity index (χ0) is 15.6. The highest BCUT2D eigenvalue weighted by molar-refractivity contribution is 5.74. The highest BCUT2D eigenvalue weighted by Crippen LogP contribution is 2.56. The van der Waals surface area contributed by atoms with Crippen LogP contribution < -0.4 is 0 Å². The number of hydrogen-bond acceptors (Lipinski definition) is 6. The fourth-order valence-corrected chi connectivity index (χ4v) is 3.36. The Balaban J connectivity index is 1.75. The largest absolute Gasteiger partial charge is 0.444 e. The number of carbonyl (C=O) groups excluding carboxylic acids is 2. The number of amides is 1. The van der Waals surface area contributed by atoms with Gasteiger partial charge in [-0.25, -0.2) is 4.79 Å². The minimum Gasteiger partial charge on any atom is -0.444 e. The van der Waals surface area contributed by atoms with Crippen molar-refractivity contribution in [1.82, 2.24) is 4.90 Å². The Labute approximate surface area is 122 Å². The molecule has 3 fully saturated rings. The van der Waals surface area contributed by atoms with Crippen LogP contribution in [0, 0.1) is 11.3 Å². The third-order valence-corrected chi connectivity index (χ3v) is 4.00. The Kier molecular flexibility index (Phi) is 2.76. The molecule has 0 aliphatic carbocycles. The van der Waals surface area contributed by atoms with Gasteiger partial charge in [-0.05, 0) is 20.8 Å². The summed E-state index contributed by atoms with van der Waals surface area (Å²) in [5.41, 5.74) is -1.86. The molecule has 0 saturated carbocycles. The third kappa shape index (κ3) is 2.05. The second-order valence-electron chi connectivity index (χ2n) is 6.76. The fourth-order valence-electron chi connectivity index (χ4n) is 3.36. The molecule has 7 nitrogen and oxygen atoms in total. The Morgan fingerprint density at radius 2 is 2.05 bits per heavy atom. The van der Waals surface area contributed by atoms with Crippen LogP contribution in [0.4, 0.5) is 4.79 Å². The monoisotopic (exact) mass is 294 g/mol. The molecule has 0 aromatic carbocycles. The Bertz CT molecular complexity index is 549. The number of hydrogen-bond donors (Lipinski definition) is 0. The van der Waals surface area contributed by atoms with Crippen LogP contribution in [-0.2, 0) is 19.0 Å². The third-order valence-electron chi connectivity index (χ3n) is 4.00. The van der Waals surface area contributed by atoms with Crippen molar-refractivity contribution in [3.05, 3.63) is 0 Å². The number of rotatable bonds is 1. The molecule has 0 unspecified atom stereocenters. The first-order valence-electron chi connectivity index (χ1n) is 6.96. The predicted molar refractivity (Wildman–Crippen MR) is 69.0 cm³/mol. The van der Waals surface area contributed by atoms with Crippen molar-refractivity contribution in [3.63, 3.8) is 0 Å². The van der Waals surface area contributed by atoms with Crippen LogP contribution in [0.5, 0.6) is 0 Å². The summed E-state index contributed by atoms with van der Waals surface area (Å²) in [7, 11) is 0. The van der Waals surface area contributed by atoms with E-state index in [0.717, 1.165) is 0 Å². The molecule has 0 radical (unpaired) electrons. The molecule has 0 aromatic rings. The zero-order valence-corrected chi connectivity index (χ0v) is 12.5. The molecule has 3 aliphatic heterocycles. The average molecular weight is 294 g/mol. The summed E-state index contributed by atoms with van der Waals surface area (Å²) in [5, 5.41) is 9.39. The molecule has 0 N–H and O–H groups in total. The van der Waals surface area contributed by atoms with Crippen molar-refractivity contribution in [2.75, 3.05) is 0 Å². The first-order valence-corrected chi connectivity index (χ1v) is 6.96. The zero-order valence-electron chi connectivity index (χ0n) is 12.5. The van der Waals surface area contributed by atoms with Gasteiger partial charge < -0.3 is 14.2 Å². The van der Waals surface area contributed by atoms with Crippen LogP contribution in [0.3, 0.4) is 0 Å². The molecule has 1 amide bonds. The number of morpholine rings is 1. The van der Waals surface area contributed by atoms with E-state index in [1.54, 1.807) is 25.7 Å². The summed E-state index contributed by atoms with van der Waals surface area (Å²) in [6, 6.07) is 1.75. The van der Waals surface area contributed by atoms with Gasteiger partial charge in [0.2, 0.25) is 5.60 Å². The number of likely N-dealkylation sites (tertiary alicyclic amines) is 1. The van der Waals surface area contributed by atoms with Gasteiger partial charge in [0.05, 0.1) is 18.2 Å². The number of esters is 1. The van der Waals surface area contributed by atoms with Crippen molar-refractivity contribution in [2.45, 2.75) is 69.6 Å². The van der Waals surface area contributed by atoms with Crippen molar-refractivity contribution in [3.8, 4) is 6.07 Å². The van der Waals surface area contributed by atoms with Gasteiger partial charge in [-0.3, -0.25) is 9.69 Å². The summed E-state index contributed by atoms with van der Waals surface area (Å²) in [6.45, 7) is 6.66. The molecule has 2 bridgehead atoms. The SMILES string of the molecule is CC(=O)O[C@]1(C#N)C[C@H]2O[C@H]1[C@@H]1[C@@H]2N1C(=O)OC(C)(C)C. The van der Waals surface area contributed by atoms with Gasteiger partial charge >= 0.3 is 12.1 Å². The lowest BCUT2D eigenvalue weighted by molar-refractivity contribution is -0.156. The van der Waals surface area contributed by atoms with Crippen molar-refractivity contribution < 1.29 is 23.8 Å². The number of nitriles is 1. The van der Waals surface area contributed by atoms with E-state index >= 15 is 0 Å². The smallest absolute Gasteiger partial charge is 0.411 e. The Morgan fingerprint density at radius 3 is 2.57 bits per heavy atom. The first kappa shape index (κ1) is 14.1. The number of carbonyl (C=O) groups is 2. The van der Waals surface area contributed by atoms with E-state index in [1.807, 2.05) is 0 Å². The van der Waals surface area contributed by atoms with E-state index in [9.17, 15) is 14.9 Å². The lowest BCUT2D eigenvalue weighted by Crippen LogP contribution is -2.46. The molecule has 3 heterocycles. The minimum atomic E-state index is -1.28. The molecule has 114 valence electrons. The van der Waals surface area contributed by atoms with Gasteiger partial charge in [0.1, 0.15) is 17.8 Å². The molecular formula is C14H18N2O5. The van der Waals surface area contributed by atoms with Gasteiger partial charge in [-0.1, -0.05) is 0 Å². The van der Waals surface area contributed by atoms with Gasteiger partial charge in [0.25, 0.3) is 0 Å². The average Bonchev–Trinajstić information content (AvgIpc) is 2.85. The lowest BCUT2D eigenvalue weighted by atomic mass is 9.86. The van der Waals surface area contributed by atoms with Gasteiger partial charge in [-0.2, -0.15) is 5.26 Å². The summed E-state index contributed by atoms with van der Waals surface area (Å²) < 4.78 is 16.3. The normalized spacial score (nSPS) is 39.5. The van der Waals surface area contributed by atoms with Crippen molar-refractivity contribution in [2.24, 2.45) is 0 Å². The van der Waals surface area contributed by atoms with E-state index in [-0.39, 0.29) is 18.2 Å². The molecule has 3 aliphatic rings. The van der Waals surface area contributed by atoms with Crippen LogP contribution in [0.15, 0.2) is 0 Å². The maximum Gasteiger partial charge on any atom is 0.411 e. The van der Waals surface area contributed by atoms with E-state index < -0.39 is 29.4 Å². The van der Waals surface area contributed by atoms with E-state index in [4.69, 9.17) is 14.2 Å². The summed E-state index contributed by atoms with van der Waals surface area (Å²) in [4.78, 5) is 25.0. The van der Waals surface area contributed by atoms with Crippen LogP contribution >= 0.6 is 0 Å². The second-order valence-corrected chi connectivity index (χ2v) is 6.76. The molecule has 21 heavy (non-hydrogen) atoms. The summed E-state index contributed by atoms with van der Waals surface area (Å²) in [6.07, 6.45) is -0.971. The highest BCUT2D eigenvalue weighted by Gasteiger charge is 2.77. The topological polar surface area (TPSA) is 88.6 Å². The van der Waals surface area contributed by atoms with Crippen molar-refractivity contribution >= 4 is 12.1 Å². The second kappa shape index (κ2) is 4.10. The van der Waals surface area contributed by atoms with Gasteiger partial charge in [0, 0.05) is 13.3 Å². The molecule has 0 spiro atoms. The van der Waals surface area contributed by atoms with Crippen LogP contribution in [0.2, 0.25) is 0 Å². The van der Waals surface area contributed by atoms with Crippen LogP contribution in [-0.4, -0.2) is 52.5 Å². The van der Waals surface area contributed by atoms with Crippen molar-refractivity contribution in [1.29, 1.82) is 5.26 Å². The highest BCUT2D eigenvalue weighted by atomic mass is 16.6. The van der Waals surface area contributed by atoms with Crippen LogP contribution in [0.25, 0.3) is 0 Å². The molecule has 0 aromatic heterocycles. The summed E-state index contributed by atoms with van der Waals surface area (Å²) in [5.74, 6) is -0.520. The van der Waals surface area contributed by atoms with Crippen LogP contribution in [0.1, 0.15) is 34.1 Å². The maximum atomic E-state index is 12.1. The number of ether oxygens (including phenoxy) is 3. The van der Waals surface area contributed by atoms with Gasteiger partial charge in [0.15, 0.2) is 0 Å². The summed E-state index contributed by atoms with van der Waals surface area (Å²) >= 11 is 0. The molecule has 3 saturated heterocycles. The molecule has 3 rings (SSSR count). The molecular weight excluding hydrogens is 276 g/mol. The lowest BCUT2D eigenvalue weighted by Gasteiger charge is -2.26. The van der Waals surface area contributed by atoms with E-state index in [2.05, 4.69) is 6.07 Å². The Hall–Kier alpha value is -1.81. The fraction of sp³-hybridized carbons (Fsp3) is 0.786. The maximum absolute atomic E-state index is 12.1. The number of nitrogens with zero attached hydrogens (tertiary/aromatic N) is 2. The van der Waals surface area contributed by atoms with Gasteiger partial charge in [-0.15, -0.1) is 0 Å².